The molecule has 1 saturated heterocycles. The molecule has 2 aliphatic rings. The summed E-state index contributed by atoms with van der Waals surface area (Å²) in [5.41, 5.74) is 0.0290. The van der Waals surface area contributed by atoms with Gasteiger partial charge in [-0.1, -0.05) is 6.92 Å². The van der Waals surface area contributed by atoms with Gasteiger partial charge < -0.3 is 19.9 Å². The highest BCUT2D eigenvalue weighted by Gasteiger charge is 2.29. The van der Waals surface area contributed by atoms with Gasteiger partial charge in [0.1, 0.15) is 0 Å². The molecule has 4 nitrogen and oxygen atoms in total. The Kier molecular flexibility index (Phi) is 5.63. The van der Waals surface area contributed by atoms with Gasteiger partial charge in [-0.25, -0.2) is 0 Å². The Labute approximate surface area is 116 Å². The van der Waals surface area contributed by atoms with Gasteiger partial charge in [-0.05, 0) is 44.9 Å². The molecule has 1 aliphatic heterocycles. The van der Waals surface area contributed by atoms with Crippen LogP contribution < -0.4 is 5.32 Å². The first-order valence-corrected chi connectivity index (χ1v) is 7.70. The standard InChI is InChI=1S/C15H29NO3/c1-12-3-5-14(6-4-12)19-10-13(17)9-16-15(2)7-8-18-11-15/h12-14,16-17H,3-11H2,1-2H3. The summed E-state index contributed by atoms with van der Waals surface area (Å²) in [7, 11) is 0. The molecule has 112 valence electrons. The van der Waals surface area contributed by atoms with E-state index < -0.39 is 6.10 Å². The summed E-state index contributed by atoms with van der Waals surface area (Å²) in [5, 5.41) is 13.4. The van der Waals surface area contributed by atoms with Crippen LogP contribution in [-0.4, -0.2) is 49.2 Å². The van der Waals surface area contributed by atoms with Crippen molar-refractivity contribution in [1.82, 2.24) is 5.32 Å². The highest BCUT2D eigenvalue weighted by molar-refractivity contribution is 4.87. The molecule has 19 heavy (non-hydrogen) atoms. The second-order valence-corrected chi connectivity index (χ2v) is 6.61. The van der Waals surface area contributed by atoms with Gasteiger partial charge >= 0.3 is 0 Å². The summed E-state index contributed by atoms with van der Waals surface area (Å²) in [4.78, 5) is 0. The third kappa shape index (κ3) is 5.03. The molecular formula is C15H29NO3. The van der Waals surface area contributed by atoms with Crippen molar-refractivity contribution in [1.29, 1.82) is 0 Å². The van der Waals surface area contributed by atoms with Gasteiger partial charge in [0.05, 0.1) is 25.4 Å². The van der Waals surface area contributed by atoms with E-state index in [0.29, 0.717) is 19.3 Å². The van der Waals surface area contributed by atoms with E-state index in [1.54, 1.807) is 0 Å². The Hall–Kier alpha value is -0.160. The lowest BCUT2D eigenvalue weighted by molar-refractivity contribution is -0.0295. The lowest BCUT2D eigenvalue weighted by Crippen LogP contribution is -2.47. The van der Waals surface area contributed by atoms with Gasteiger partial charge in [-0.3, -0.25) is 0 Å². The Morgan fingerprint density at radius 3 is 2.74 bits per heavy atom. The molecule has 1 saturated carbocycles. The van der Waals surface area contributed by atoms with Gasteiger partial charge in [-0.2, -0.15) is 0 Å². The summed E-state index contributed by atoms with van der Waals surface area (Å²) >= 11 is 0. The molecule has 0 radical (unpaired) electrons. The Bertz CT molecular complexity index is 258. The summed E-state index contributed by atoms with van der Waals surface area (Å²) in [5.74, 6) is 0.841. The molecule has 2 atom stereocenters. The largest absolute Gasteiger partial charge is 0.389 e. The Morgan fingerprint density at radius 2 is 2.11 bits per heavy atom. The molecule has 2 N–H and O–H groups in total. The minimum Gasteiger partial charge on any atom is -0.389 e. The molecule has 0 aromatic rings. The molecule has 2 rings (SSSR count). The van der Waals surface area contributed by atoms with Crippen LogP contribution in [0.2, 0.25) is 0 Å². The summed E-state index contributed by atoms with van der Waals surface area (Å²) in [6.07, 6.45) is 5.76. The topological polar surface area (TPSA) is 50.7 Å². The molecular weight excluding hydrogens is 242 g/mol. The van der Waals surface area contributed by atoms with Crippen LogP contribution in [0, 0.1) is 5.92 Å². The summed E-state index contributed by atoms with van der Waals surface area (Å²) in [6.45, 7) is 7.04. The maximum atomic E-state index is 9.98. The highest BCUT2D eigenvalue weighted by Crippen LogP contribution is 2.25. The van der Waals surface area contributed by atoms with Crippen molar-refractivity contribution in [3.05, 3.63) is 0 Å². The first-order valence-electron chi connectivity index (χ1n) is 7.70. The number of aliphatic hydroxyl groups excluding tert-OH is 1. The fraction of sp³-hybridized carbons (Fsp3) is 1.00. The number of hydrogen-bond acceptors (Lipinski definition) is 4. The molecule has 0 aromatic heterocycles. The zero-order valence-corrected chi connectivity index (χ0v) is 12.4. The normalized spacial score (nSPS) is 37.4. The monoisotopic (exact) mass is 271 g/mol. The van der Waals surface area contributed by atoms with Crippen LogP contribution in [0.1, 0.15) is 46.0 Å². The first-order chi connectivity index (χ1) is 9.07. The quantitative estimate of drug-likeness (QED) is 0.772. The SMILES string of the molecule is CC1CCC(OCC(O)CNC2(C)CCOC2)CC1. The molecule has 1 aliphatic carbocycles. The fourth-order valence-electron chi connectivity index (χ4n) is 2.87. The second-order valence-electron chi connectivity index (χ2n) is 6.61. The molecule has 2 fully saturated rings. The predicted molar refractivity (Wildman–Crippen MR) is 75.2 cm³/mol. The minimum atomic E-state index is -0.420. The van der Waals surface area contributed by atoms with E-state index in [-0.39, 0.29) is 5.54 Å². The van der Waals surface area contributed by atoms with E-state index in [4.69, 9.17) is 9.47 Å². The lowest BCUT2D eigenvalue weighted by Gasteiger charge is -2.28. The average Bonchev–Trinajstić information content (AvgIpc) is 2.83. The van der Waals surface area contributed by atoms with E-state index in [2.05, 4.69) is 19.2 Å². The van der Waals surface area contributed by atoms with E-state index >= 15 is 0 Å². The van der Waals surface area contributed by atoms with Crippen LogP contribution in [0.3, 0.4) is 0 Å². The van der Waals surface area contributed by atoms with E-state index in [1.807, 2.05) is 0 Å². The molecule has 0 spiro atoms. The maximum absolute atomic E-state index is 9.98. The highest BCUT2D eigenvalue weighted by atomic mass is 16.5. The fourth-order valence-corrected chi connectivity index (χ4v) is 2.87. The predicted octanol–water partition coefficient (Wildman–Crippen LogP) is 1.71. The van der Waals surface area contributed by atoms with Crippen molar-refractivity contribution in [3.8, 4) is 0 Å². The zero-order valence-electron chi connectivity index (χ0n) is 12.4. The van der Waals surface area contributed by atoms with E-state index in [1.165, 1.54) is 12.8 Å². The zero-order chi connectivity index (χ0) is 13.7. The number of aliphatic hydroxyl groups is 1. The Balaban J connectivity index is 1.58. The van der Waals surface area contributed by atoms with Gasteiger partial charge in [-0.15, -0.1) is 0 Å². The van der Waals surface area contributed by atoms with Gasteiger partial charge in [0.25, 0.3) is 0 Å². The van der Waals surface area contributed by atoms with Gasteiger partial charge in [0.2, 0.25) is 0 Å². The third-order valence-electron chi connectivity index (χ3n) is 4.47. The van der Waals surface area contributed by atoms with E-state index in [0.717, 1.165) is 38.4 Å². The van der Waals surface area contributed by atoms with Crippen LogP contribution >= 0.6 is 0 Å². The van der Waals surface area contributed by atoms with Crippen molar-refractivity contribution in [2.45, 2.75) is 63.7 Å². The van der Waals surface area contributed by atoms with Crippen LogP contribution in [-0.2, 0) is 9.47 Å². The summed E-state index contributed by atoms with van der Waals surface area (Å²) in [6, 6.07) is 0. The molecule has 0 amide bonds. The molecule has 2 unspecified atom stereocenters. The van der Waals surface area contributed by atoms with Crippen LogP contribution in [0.5, 0.6) is 0 Å². The smallest absolute Gasteiger partial charge is 0.0898 e. The van der Waals surface area contributed by atoms with Crippen molar-refractivity contribution < 1.29 is 14.6 Å². The molecule has 0 bridgehead atoms. The maximum Gasteiger partial charge on any atom is 0.0898 e. The summed E-state index contributed by atoms with van der Waals surface area (Å²) < 4.78 is 11.2. The van der Waals surface area contributed by atoms with Crippen molar-refractivity contribution in [3.63, 3.8) is 0 Å². The number of ether oxygens (including phenoxy) is 2. The number of nitrogens with one attached hydrogen (secondary N) is 1. The van der Waals surface area contributed by atoms with Gasteiger partial charge in [0.15, 0.2) is 0 Å². The molecule has 4 heteroatoms. The van der Waals surface area contributed by atoms with Crippen LogP contribution in [0.25, 0.3) is 0 Å². The van der Waals surface area contributed by atoms with Gasteiger partial charge in [0, 0.05) is 18.7 Å². The van der Waals surface area contributed by atoms with Crippen molar-refractivity contribution in [2.75, 3.05) is 26.4 Å². The molecule has 0 aromatic carbocycles. The van der Waals surface area contributed by atoms with Crippen LogP contribution in [0.15, 0.2) is 0 Å². The number of rotatable bonds is 6. The third-order valence-corrected chi connectivity index (χ3v) is 4.47. The first kappa shape index (κ1) is 15.2. The minimum absolute atomic E-state index is 0.0290. The van der Waals surface area contributed by atoms with Crippen LogP contribution in [0.4, 0.5) is 0 Å². The van der Waals surface area contributed by atoms with Crippen molar-refractivity contribution >= 4 is 0 Å². The second kappa shape index (κ2) is 7.02. The number of β-amino-alcohol motifs (C(OH)–C–C–N with tert-alkyl or cyclic N) is 1. The molecule has 1 heterocycles. The van der Waals surface area contributed by atoms with Crippen molar-refractivity contribution in [2.24, 2.45) is 5.92 Å². The average molecular weight is 271 g/mol. The Morgan fingerprint density at radius 1 is 1.37 bits per heavy atom. The van der Waals surface area contributed by atoms with E-state index in [9.17, 15) is 5.11 Å². The number of hydrogen-bond donors (Lipinski definition) is 2. The lowest BCUT2D eigenvalue weighted by atomic mass is 9.89.